The van der Waals surface area contributed by atoms with Crippen LogP contribution in [0, 0.1) is 5.92 Å². The Morgan fingerprint density at radius 2 is 1.87 bits per heavy atom. The molecular weight excluding hydrogens is 374 g/mol. The molecule has 160 valence electrons. The predicted octanol–water partition coefficient (Wildman–Crippen LogP) is 4.18. The van der Waals surface area contributed by atoms with Gasteiger partial charge in [0.05, 0.1) is 12.0 Å². The molecule has 2 aliphatic carbocycles. The number of carbonyl (C=O) groups excluding carboxylic acids is 1. The van der Waals surface area contributed by atoms with Crippen molar-refractivity contribution < 1.29 is 15.0 Å². The number of aliphatic hydroxyl groups is 1. The molecule has 4 heteroatoms. The number of phenolic OH excluding ortho intramolecular Hbond substituents is 1. The summed E-state index contributed by atoms with van der Waals surface area (Å²) in [6.45, 7) is 2.15. The maximum absolute atomic E-state index is 11.2. The molecule has 2 aliphatic rings. The van der Waals surface area contributed by atoms with E-state index >= 15 is 0 Å². The van der Waals surface area contributed by atoms with Crippen molar-refractivity contribution in [1.82, 2.24) is 0 Å². The van der Waals surface area contributed by atoms with E-state index in [4.69, 9.17) is 5.73 Å². The highest BCUT2D eigenvalue weighted by Gasteiger charge is 2.51. The number of primary amides is 1. The lowest BCUT2D eigenvalue weighted by atomic mass is 9.52. The second-order valence-electron chi connectivity index (χ2n) is 9.55. The van der Waals surface area contributed by atoms with Crippen LogP contribution in [0.25, 0.3) is 0 Å². The zero-order valence-corrected chi connectivity index (χ0v) is 17.9. The summed E-state index contributed by atoms with van der Waals surface area (Å²) >= 11 is 0. The molecule has 0 saturated heterocycles. The fourth-order valence-electron chi connectivity index (χ4n) is 6.11. The van der Waals surface area contributed by atoms with E-state index in [-0.39, 0.29) is 17.7 Å². The van der Waals surface area contributed by atoms with E-state index in [1.807, 2.05) is 24.3 Å². The summed E-state index contributed by atoms with van der Waals surface area (Å²) in [6.07, 6.45) is 7.66. The second kappa shape index (κ2) is 8.07. The molecule has 0 spiro atoms. The van der Waals surface area contributed by atoms with E-state index in [0.717, 1.165) is 56.9 Å². The molecule has 1 fully saturated rings. The van der Waals surface area contributed by atoms with Gasteiger partial charge in [0, 0.05) is 5.41 Å². The van der Waals surface area contributed by atoms with E-state index in [2.05, 4.69) is 25.1 Å². The maximum Gasteiger partial charge on any atom is 0.221 e. The van der Waals surface area contributed by atoms with Crippen LogP contribution in [0.15, 0.2) is 42.5 Å². The number of nitrogens with two attached hydrogens (primary N) is 1. The highest BCUT2D eigenvalue weighted by molar-refractivity contribution is 5.76. The normalized spacial score (nSPS) is 27.9. The van der Waals surface area contributed by atoms with Crippen LogP contribution in [-0.2, 0) is 29.5 Å². The minimum atomic E-state index is -0.553. The second-order valence-corrected chi connectivity index (χ2v) is 9.55. The van der Waals surface area contributed by atoms with E-state index in [1.54, 1.807) is 0 Å². The third-order valence-electron chi connectivity index (χ3n) is 7.47. The average Bonchev–Trinajstić information content (AvgIpc) is 2.69. The third kappa shape index (κ3) is 3.98. The zero-order chi connectivity index (χ0) is 21.4. The smallest absolute Gasteiger partial charge is 0.221 e. The summed E-state index contributed by atoms with van der Waals surface area (Å²) in [5.41, 5.74) is 9.53. The van der Waals surface area contributed by atoms with Gasteiger partial charge in [-0.2, -0.15) is 0 Å². The molecule has 0 radical (unpaired) electrons. The summed E-state index contributed by atoms with van der Waals surface area (Å²) in [4.78, 5) is 11.2. The summed E-state index contributed by atoms with van der Waals surface area (Å²) in [5, 5.41) is 21.3. The Bertz CT molecular complexity index is 922. The maximum atomic E-state index is 11.2. The van der Waals surface area contributed by atoms with Gasteiger partial charge in [0.1, 0.15) is 5.75 Å². The molecule has 0 bridgehead atoms. The van der Waals surface area contributed by atoms with Gasteiger partial charge in [-0.1, -0.05) is 43.7 Å². The lowest BCUT2D eigenvalue weighted by Crippen LogP contribution is -2.51. The van der Waals surface area contributed by atoms with Crippen molar-refractivity contribution in [3.63, 3.8) is 0 Å². The van der Waals surface area contributed by atoms with Crippen LogP contribution in [0.1, 0.15) is 67.7 Å². The van der Waals surface area contributed by atoms with Gasteiger partial charge in [0.2, 0.25) is 5.91 Å². The number of benzene rings is 2. The Balaban J connectivity index is 1.69. The number of aryl methyl sites for hydroxylation is 1. The third-order valence-corrected chi connectivity index (χ3v) is 7.47. The molecule has 1 amide bonds. The van der Waals surface area contributed by atoms with Crippen molar-refractivity contribution in [2.24, 2.45) is 11.7 Å². The fraction of sp³-hybridized carbons (Fsp3) is 0.500. The minimum Gasteiger partial charge on any atom is -0.508 e. The van der Waals surface area contributed by atoms with Gasteiger partial charge < -0.3 is 15.9 Å². The molecule has 4 N–H and O–H groups in total. The number of amides is 1. The molecule has 2 aromatic carbocycles. The van der Waals surface area contributed by atoms with Crippen LogP contribution in [-0.4, -0.2) is 21.7 Å². The largest absolute Gasteiger partial charge is 0.508 e. The van der Waals surface area contributed by atoms with Gasteiger partial charge in [-0.25, -0.2) is 0 Å². The van der Waals surface area contributed by atoms with Crippen LogP contribution in [0.4, 0.5) is 0 Å². The quantitative estimate of drug-likeness (QED) is 0.672. The summed E-state index contributed by atoms with van der Waals surface area (Å²) in [5.74, 6) is 0.437. The Hall–Kier alpha value is -2.33. The molecule has 30 heavy (non-hydrogen) atoms. The molecule has 1 unspecified atom stereocenters. The van der Waals surface area contributed by atoms with E-state index in [1.165, 1.54) is 16.7 Å². The molecule has 0 heterocycles. The molecule has 2 aromatic rings. The van der Waals surface area contributed by atoms with E-state index in [9.17, 15) is 15.0 Å². The highest BCUT2D eigenvalue weighted by atomic mass is 16.3. The first-order chi connectivity index (χ1) is 14.3. The topological polar surface area (TPSA) is 83.5 Å². The molecule has 3 atom stereocenters. The molecular formula is C26H33NO3. The van der Waals surface area contributed by atoms with Gasteiger partial charge in [0.25, 0.3) is 0 Å². The minimum absolute atomic E-state index is 0.0214. The Morgan fingerprint density at radius 1 is 1.13 bits per heavy atom. The first-order valence-electron chi connectivity index (χ1n) is 11.2. The predicted molar refractivity (Wildman–Crippen MR) is 118 cm³/mol. The molecule has 4 nitrogen and oxygen atoms in total. The zero-order valence-electron chi connectivity index (χ0n) is 17.9. The first-order valence-corrected chi connectivity index (χ1v) is 11.2. The SMILES string of the molecule is CCCC1(O)CC[C@@]2(Cc3ccc(CC(N)=O)cc3)c3ccc(O)cc3CC[C@H]2C1. The number of phenols is 1. The van der Waals surface area contributed by atoms with Crippen molar-refractivity contribution >= 4 is 5.91 Å². The highest BCUT2D eigenvalue weighted by Crippen LogP contribution is 2.55. The Kier molecular flexibility index (Phi) is 5.63. The van der Waals surface area contributed by atoms with Crippen LogP contribution in [0.2, 0.25) is 0 Å². The summed E-state index contributed by atoms with van der Waals surface area (Å²) < 4.78 is 0. The van der Waals surface area contributed by atoms with Crippen LogP contribution in [0.3, 0.4) is 0 Å². The van der Waals surface area contributed by atoms with Crippen LogP contribution in [0.5, 0.6) is 5.75 Å². The molecule has 0 aliphatic heterocycles. The fourth-order valence-corrected chi connectivity index (χ4v) is 6.11. The van der Waals surface area contributed by atoms with Crippen LogP contribution >= 0.6 is 0 Å². The van der Waals surface area contributed by atoms with E-state index in [0.29, 0.717) is 11.7 Å². The number of hydrogen-bond acceptors (Lipinski definition) is 3. The van der Waals surface area contributed by atoms with Crippen molar-refractivity contribution in [3.8, 4) is 5.75 Å². The van der Waals surface area contributed by atoms with Crippen LogP contribution < -0.4 is 5.73 Å². The van der Waals surface area contributed by atoms with Crippen molar-refractivity contribution in [2.75, 3.05) is 0 Å². The van der Waals surface area contributed by atoms with Gasteiger partial charge >= 0.3 is 0 Å². The molecule has 1 saturated carbocycles. The van der Waals surface area contributed by atoms with Gasteiger partial charge in [-0.3, -0.25) is 4.79 Å². The van der Waals surface area contributed by atoms with Crippen molar-refractivity contribution in [3.05, 3.63) is 64.7 Å². The Labute approximate surface area is 179 Å². The number of fused-ring (bicyclic) bond motifs is 3. The van der Waals surface area contributed by atoms with E-state index < -0.39 is 5.60 Å². The number of rotatable bonds is 6. The lowest BCUT2D eigenvalue weighted by Gasteiger charge is -2.53. The lowest BCUT2D eigenvalue weighted by molar-refractivity contribution is -0.117. The van der Waals surface area contributed by atoms with Gasteiger partial charge in [-0.15, -0.1) is 0 Å². The number of hydrogen-bond donors (Lipinski definition) is 3. The standard InChI is InChI=1S/C26H33NO3/c1-2-11-25(30)12-13-26(16-19-5-3-18(4-6-19)14-24(27)29)21(17-25)8-7-20-15-22(28)9-10-23(20)26/h3-6,9-10,15,21,28,30H,2,7-8,11-14,16-17H2,1H3,(H2,27,29)/t21-,25?,26-/m0/s1. The summed E-state index contributed by atoms with van der Waals surface area (Å²) in [7, 11) is 0. The van der Waals surface area contributed by atoms with Crippen molar-refractivity contribution in [2.45, 2.75) is 75.7 Å². The van der Waals surface area contributed by atoms with Gasteiger partial charge in [-0.05, 0) is 85.3 Å². The first kappa shape index (κ1) is 20.9. The molecule has 4 rings (SSSR count). The number of aromatic hydroxyl groups is 1. The summed E-state index contributed by atoms with van der Waals surface area (Å²) in [6, 6.07) is 14.1. The van der Waals surface area contributed by atoms with Gasteiger partial charge in [0.15, 0.2) is 0 Å². The Morgan fingerprint density at radius 3 is 2.57 bits per heavy atom. The average molecular weight is 408 g/mol. The van der Waals surface area contributed by atoms with Crippen molar-refractivity contribution in [1.29, 1.82) is 0 Å². The monoisotopic (exact) mass is 407 g/mol. The number of carbonyl (C=O) groups is 1. The molecule has 0 aromatic heterocycles.